The molecule has 0 aromatic heterocycles. The molecule has 1 N–H and O–H groups in total. The second kappa shape index (κ2) is 7.75. The lowest BCUT2D eigenvalue weighted by Gasteiger charge is -2.23. The van der Waals surface area contributed by atoms with Crippen molar-refractivity contribution in [1.82, 2.24) is 5.32 Å². The fraction of sp³-hybridized carbons (Fsp3) is 0.600. The maximum absolute atomic E-state index is 12.8. The number of hydrogen-bond acceptors (Lipinski definition) is 2. The van der Waals surface area contributed by atoms with Gasteiger partial charge in [-0.2, -0.15) is 8.78 Å². The van der Waals surface area contributed by atoms with E-state index in [-0.39, 0.29) is 12.6 Å². The van der Waals surface area contributed by atoms with Gasteiger partial charge >= 0.3 is 12.3 Å². The first-order valence-electron chi connectivity index (χ1n) is 6.82. The van der Waals surface area contributed by atoms with Gasteiger partial charge in [0.15, 0.2) is 0 Å². The summed E-state index contributed by atoms with van der Waals surface area (Å²) in [6.07, 6.45) is -3.71. The second-order valence-corrected chi connectivity index (χ2v) is 4.98. The van der Waals surface area contributed by atoms with Crippen LogP contribution >= 0.6 is 0 Å². The van der Waals surface area contributed by atoms with Crippen molar-refractivity contribution in [2.45, 2.75) is 39.2 Å². The average molecular weight is 307 g/mol. The van der Waals surface area contributed by atoms with Gasteiger partial charge in [-0.15, -0.1) is 0 Å². The van der Waals surface area contributed by atoms with Gasteiger partial charge in [0, 0.05) is 0 Å². The van der Waals surface area contributed by atoms with Crippen LogP contribution < -0.4 is 5.32 Å². The van der Waals surface area contributed by atoms with E-state index in [9.17, 15) is 17.6 Å². The lowest BCUT2D eigenvalue weighted by Crippen LogP contribution is -2.34. The van der Waals surface area contributed by atoms with E-state index in [1.807, 2.05) is 39.0 Å². The number of halogens is 4. The van der Waals surface area contributed by atoms with Crippen LogP contribution in [0.25, 0.3) is 0 Å². The zero-order chi connectivity index (χ0) is 16.0. The molecule has 0 bridgehead atoms. The predicted molar refractivity (Wildman–Crippen MR) is 74.1 cm³/mol. The van der Waals surface area contributed by atoms with Crippen LogP contribution in [0, 0.1) is 13.8 Å². The lowest BCUT2D eigenvalue weighted by molar-refractivity contribution is -0.167. The Bertz CT molecular complexity index is 451. The molecular weight excluding hydrogens is 286 g/mol. The van der Waals surface area contributed by atoms with E-state index in [0.717, 1.165) is 16.7 Å². The maximum atomic E-state index is 12.8. The number of hydrogen-bond donors (Lipinski definition) is 1. The molecule has 2 nitrogen and oxygen atoms in total. The van der Waals surface area contributed by atoms with Crippen LogP contribution in [0.4, 0.5) is 17.6 Å². The zero-order valence-corrected chi connectivity index (χ0v) is 12.4. The summed E-state index contributed by atoms with van der Waals surface area (Å²) in [4.78, 5) is 0. The van der Waals surface area contributed by atoms with Crippen molar-refractivity contribution in [3.05, 3.63) is 34.9 Å². The number of nitrogens with one attached hydrogen (secondary N) is 1. The highest BCUT2D eigenvalue weighted by Crippen LogP contribution is 2.25. The molecule has 21 heavy (non-hydrogen) atoms. The fourth-order valence-electron chi connectivity index (χ4n) is 2.03. The topological polar surface area (TPSA) is 21.3 Å². The highest BCUT2D eigenvalue weighted by Gasteiger charge is 2.41. The van der Waals surface area contributed by atoms with Crippen molar-refractivity contribution in [3.63, 3.8) is 0 Å². The lowest BCUT2D eigenvalue weighted by atomic mass is 9.98. The van der Waals surface area contributed by atoms with Crippen molar-refractivity contribution < 1.29 is 22.3 Å². The first kappa shape index (κ1) is 17.9. The molecule has 1 unspecified atom stereocenters. The van der Waals surface area contributed by atoms with Gasteiger partial charge in [-0.3, -0.25) is 0 Å². The highest BCUT2D eigenvalue weighted by atomic mass is 19.3. The molecule has 0 amide bonds. The van der Waals surface area contributed by atoms with Crippen LogP contribution in [-0.4, -0.2) is 32.1 Å². The van der Waals surface area contributed by atoms with Gasteiger partial charge in [-0.25, -0.2) is 8.78 Å². The third kappa shape index (κ3) is 4.97. The Morgan fingerprint density at radius 1 is 1.24 bits per heavy atom. The Labute approximate surface area is 122 Å². The molecule has 0 aliphatic carbocycles. The minimum Gasteiger partial charge on any atom is -0.373 e. The number of rotatable bonds is 8. The normalized spacial score (nSPS) is 13.7. The summed E-state index contributed by atoms with van der Waals surface area (Å²) in [5.41, 5.74) is 3.04. The summed E-state index contributed by atoms with van der Waals surface area (Å²) in [6.45, 7) is 5.02. The van der Waals surface area contributed by atoms with Gasteiger partial charge in [0.05, 0.1) is 12.6 Å². The van der Waals surface area contributed by atoms with E-state index in [1.54, 1.807) is 0 Å². The summed E-state index contributed by atoms with van der Waals surface area (Å²) in [5, 5.41) is 3.13. The minimum absolute atomic E-state index is 0.0829. The van der Waals surface area contributed by atoms with Gasteiger partial charge in [-0.1, -0.05) is 25.1 Å². The van der Waals surface area contributed by atoms with Gasteiger partial charge in [0.2, 0.25) is 0 Å². The van der Waals surface area contributed by atoms with E-state index in [0.29, 0.717) is 6.54 Å². The molecule has 0 aliphatic rings. The monoisotopic (exact) mass is 307 g/mol. The Kier molecular flexibility index (Phi) is 6.61. The average Bonchev–Trinajstić information content (AvgIpc) is 2.41. The molecule has 0 fully saturated rings. The molecular formula is C15H21F4NO. The summed E-state index contributed by atoms with van der Waals surface area (Å²) in [5.74, 6) is -4.11. The molecule has 0 aliphatic heterocycles. The van der Waals surface area contributed by atoms with Crippen LogP contribution in [0.2, 0.25) is 0 Å². The van der Waals surface area contributed by atoms with Gasteiger partial charge in [0.1, 0.15) is 6.61 Å². The quantitative estimate of drug-likeness (QED) is 0.736. The van der Waals surface area contributed by atoms with Crippen LogP contribution in [-0.2, 0) is 4.74 Å². The Morgan fingerprint density at radius 3 is 2.48 bits per heavy atom. The fourth-order valence-corrected chi connectivity index (χ4v) is 2.03. The van der Waals surface area contributed by atoms with Crippen LogP contribution in [0.1, 0.15) is 29.7 Å². The van der Waals surface area contributed by atoms with Crippen molar-refractivity contribution in [3.8, 4) is 0 Å². The van der Waals surface area contributed by atoms with E-state index in [4.69, 9.17) is 4.74 Å². The zero-order valence-electron chi connectivity index (χ0n) is 12.4. The van der Waals surface area contributed by atoms with Gasteiger partial charge in [0.25, 0.3) is 0 Å². The SMILES string of the molecule is CCNC(COCC(F)(F)C(F)F)c1cccc(C)c1C. The summed E-state index contributed by atoms with van der Waals surface area (Å²) in [6, 6.07) is 5.40. The number of likely N-dealkylation sites (N-methyl/N-ethyl adjacent to an activating group) is 1. The third-order valence-electron chi connectivity index (χ3n) is 3.37. The van der Waals surface area contributed by atoms with Gasteiger partial charge in [-0.05, 0) is 37.1 Å². The molecule has 1 aromatic rings. The second-order valence-electron chi connectivity index (χ2n) is 4.98. The Hall–Kier alpha value is -1.14. The first-order valence-corrected chi connectivity index (χ1v) is 6.82. The van der Waals surface area contributed by atoms with E-state index in [2.05, 4.69) is 5.32 Å². The van der Waals surface area contributed by atoms with Crippen molar-refractivity contribution >= 4 is 0 Å². The Morgan fingerprint density at radius 2 is 1.90 bits per heavy atom. The standard InChI is InChI=1S/C15H21F4NO/c1-4-20-13(8-21-9-15(18,19)14(16)17)12-7-5-6-10(2)11(12)3/h5-7,13-14,20H,4,8-9H2,1-3H3. The minimum atomic E-state index is -4.11. The highest BCUT2D eigenvalue weighted by molar-refractivity contribution is 5.35. The molecule has 0 saturated carbocycles. The Balaban J connectivity index is 2.73. The van der Waals surface area contributed by atoms with Crippen LogP contribution in [0.5, 0.6) is 0 Å². The molecule has 120 valence electrons. The summed E-state index contributed by atoms with van der Waals surface area (Å²) >= 11 is 0. The molecule has 1 atom stereocenters. The molecule has 0 spiro atoms. The number of aryl methyl sites for hydroxylation is 1. The molecule has 0 heterocycles. The number of benzene rings is 1. The molecule has 1 rings (SSSR count). The van der Waals surface area contributed by atoms with Crippen molar-refractivity contribution in [2.24, 2.45) is 0 Å². The maximum Gasteiger partial charge on any atom is 0.330 e. The number of alkyl halides is 4. The smallest absolute Gasteiger partial charge is 0.330 e. The van der Waals surface area contributed by atoms with Crippen molar-refractivity contribution in [1.29, 1.82) is 0 Å². The summed E-state index contributed by atoms with van der Waals surface area (Å²) in [7, 11) is 0. The van der Waals surface area contributed by atoms with E-state index in [1.165, 1.54) is 0 Å². The van der Waals surface area contributed by atoms with E-state index < -0.39 is 19.0 Å². The summed E-state index contributed by atoms with van der Waals surface area (Å²) < 4.78 is 54.7. The molecule has 0 radical (unpaired) electrons. The number of ether oxygens (including phenoxy) is 1. The van der Waals surface area contributed by atoms with Crippen LogP contribution in [0.3, 0.4) is 0 Å². The van der Waals surface area contributed by atoms with E-state index >= 15 is 0 Å². The molecule has 0 saturated heterocycles. The van der Waals surface area contributed by atoms with Crippen LogP contribution in [0.15, 0.2) is 18.2 Å². The van der Waals surface area contributed by atoms with Crippen molar-refractivity contribution in [2.75, 3.05) is 19.8 Å². The molecule has 6 heteroatoms. The largest absolute Gasteiger partial charge is 0.373 e. The van der Waals surface area contributed by atoms with Gasteiger partial charge < -0.3 is 10.1 Å². The predicted octanol–water partition coefficient (Wildman–Crippen LogP) is 3.87. The third-order valence-corrected chi connectivity index (χ3v) is 3.37. The first-order chi connectivity index (χ1) is 9.79. The molecule has 1 aromatic carbocycles.